The van der Waals surface area contributed by atoms with E-state index < -0.39 is 0 Å². The van der Waals surface area contributed by atoms with Crippen LogP contribution in [0.3, 0.4) is 0 Å². The minimum atomic E-state index is 0.865. The second-order valence-corrected chi connectivity index (χ2v) is 3.81. The van der Waals surface area contributed by atoms with Crippen LogP contribution >= 0.6 is 0 Å². The molecule has 0 heterocycles. The predicted molar refractivity (Wildman–Crippen MR) is 48.3 cm³/mol. The monoisotopic (exact) mass is 148 g/mol. The average molecular weight is 148 g/mol. The standard InChI is InChI=1S/C11H16/c1-2-3-11-8-9-4-6-10(11)7-5-9/h2-4,6,9-11H,5,7-8H2,1H3. The molecule has 0 aromatic rings. The summed E-state index contributed by atoms with van der Waals surface area (Å²) in [6, 6.07) is 0. The van der Waals surface area contributed by atoms with Gasteiger partial charge in [0.15, 0.2) is 0 Å². The van der Waals surface area contributed by atoms with Crippen LogP contribution in [0.5, 0.6) is 0 Å². The van der Waals surface area contributed by atoms with Crippen molar-refractivity contribution in [2.75, 3.05) is 0 Å². The first-order valence-electron chi connectivity index (χ1n) is 4.71. The van der Waals surface area contributed by atoms with Crippen molar-refractivity contribution >= 4 is 0 Å². The molecule has 3 aliphatic carbocycles. The van der Waals surface area contributed by atoms with E-state index in [4.69, 9.17) is 0 Å². The second kappa shape index (κ2) is 2.84. The molecule has 60 valence electrons. The molecule has 0 heteroatoms. The van der Waals surface area contributed by atoms with Crippen molar-refractivity contribution in [1.29, 1.82) is 0 Å². The number of hydrogen-bond acceptors (Lipinski definition) is 0. The van der Waals surface area contributed by atoms with E-state index in [9.17, 15) is 0 Å². The summed E-state index contributed by atoms with van der Waals surface area (Å²) in [5.41, 5.74) is 0. The van der Waals surface area contributed by atoms with E-state index in [0.29, 0.717) is 0 Å². The average Bonchev–Trinajstić information content (AvgIpc) is 2.07. The maximum Gasteiger partial charge on any atom is -0.0165 e. The quantitative estimate of drug-likeness (QED) is 0.501. The molecule has 1 fully saturated rings. The molecule has 2 bridgehead atoms. The van der Waals surface area contributed by atoms with E-state index in [1.165, 1.54) is 19.3 Å². The lowest BCUT2D eigenvalue weighted by Crippen LogP contribution is -2.25. The van der Waals surface area contributed by atoms with Gasteiger partial charge in [-0.2, -0.15) is 0 Å². The van der Waals surface area contributed by atoms with Crippen molar-refractivity contribution in [2.45, 2.75) is 26.2 Å². The largest absolute Gasteiger partial charge is 0.0914 e. The molecule has 0 nitrogen and oxygen atoms in total. The molecule has 0 aromatic carbocycles. The van der Waals surface area contributed by atoms with Gasteiger partial charge in [0.2, 0.25) is 0 Å². The number of fused-ring (bicyclic) bond motifs is 2. The summed E-state index contributed by atoms with van der Waals surface area (Å²) >= 11 is 0. The molecule has 1 saturated carbocycles. The van der Waals surface area contributed by atoms with Gasteiger partial charge in [-0.1, -0.05) is 24.3 Å². The van der Waals surface area contributed by atoms with Crippen LogP contribution in [0.15, 0.2) is 24.3 Å². The maximum atomic E-state index is 2.43. The lowest BCUT2D eigenvalue weighted by atomic mass is 9.69. The molecule has 0 saturated heterocycles. The maximum absolute atomic E-state index is 2.43. The van der Waals surface area contributed by atoms with Crippen LogP contribution in [-0.4, -0.2) is 0 Å². The van der Waals surface area contributed by atoms with Crippen LogP contribution in [0.2, 0.25) is 0 Å². The van der Waals surface area contributed by atoms with E-state index in [0.717, 1.165) is 17.8 Å². The molecule has 11 heavy (non-hydrogen) atoms. The van der Waals surface area contributed by atoms with Gasteiger partial charge in [-0.05, 0) is 43.9 Å². The van der Waals surface area contributed by atoms with Crippen LogP contribution < -0.4 is 0 Å². The second-order valence-electron chi connectivity index (χ2n) is 3.81. The number of allylic oxidation sites excluding steroid dienone is 4. The van der Waals surface area contributed by atoms with Crippen LogP contribution in [0.1, 0.15) is 26.2 Å². The molecule has 0 N–H and O–H groups in total. The van der Waals surface area contributed by atoms with Crippen LogP contribution in [0.4, 0.5) is 0 Å². The number of rotatable bonds is 1. The molecule has 3 rings (SSSR count). The van der Waals surface area contributed by atoms with Crippen LogP contribution in [-0.2, 0) is 0 Å². The molecular formula is C11H16. The Morgan fingerprint density at radius 3 is 2.64 bits per heavy atom. The van der Waals surface area contributed by atoms with E-state index in [1.54, 1.807) is 0 Å². The Morgan fingerprint density at radius 1 is 1.27 bits per heavy atom. The molecule has 0 spiro atoms. The zero-order valence-electron chi connectivity index (χ0n) is 7.16. The zero-order chi connectivity index (χ0) is 7.68. The minimum absolute atomic E-state index is 0.865. The Labute approximate surface area is 69.0 Å². The van der Waals surface area contributed by atoms with Crippen molar-refractivity contribution in [3.8, 4) is 0 Å². The first kappa shape index (κ1) is 7.15. The Bertz CT molecular complexity index is 188. The van der Waals surface area contributed by atoms with Crippen molar-refractivity contribution in [3.63, 3.8) is 0 Å². The third-order valence-electron chi connectivity index (χ3n) is 3.07. The van der Waals surface area contributed by atoms with E-state index in [-0.39, 0.29) is 0 Å². The molecule has 3 unspecified atom stereocenters. The zero-order valence-corrected chi connectivity index (χ0v) is 7.16. The molecule has 0 amide bonds. The minimum Gasteiger partial charge on any atom is -0.0914 e. The molecule has 3 aliphatic rings. The fourth-order valence-electron chi connectivity index (χ4n) is 2.44. The highest BCUT2D eigenvalue weighted by Gasteiger charge is 2.29. The van der Waals surface area contributed by atoms with Crippen LogP contribution in [0.25, 0.3) is 0 Å². The predicted octanol–water partition coefficient (Wildman–Crippen LogP) is 3.16. The van der Waals surface area contributed by atoms with Crippen molar-refractivity contribution in [3.05, 3.63) is 24.3 Å². The van der Waals surface area contributed by atoms with Gasteiger partial charge >= 0.3 is 0 Å². The summed E-state index contributed by atoms with van der Waals surface area (Å²) in [5.74, 6) is 2.64. The highest BCUT2D eigenvalue weighted by molar-refractivity contribution is 5.10. The Kier molecular flexibility index (Phi) is 1.85. The molecule has 0 aliphatic heterocycles. The molecule has 0 aromatic heterocycles. The fourth-order valence-corrected chi connectivity index (χ4v) is 2.44. The summed E-state index contributed by atoms with van der Waals surface area (Å²) in [6.07, 6.45) is 13.7. The third kappa shape index (κ3) is 1.26. The lowest BCUT2D eigenvalue weighted by molar-refractivity contribution is 0.263. The summed E-state index contributed by atoms with van der Waals surface area (Å²) in [4.78, 5) is 0. The van der Waals surface area contributed by atoms with Crippen molar-refractivity contribution in [2.24, 2.45) is 17.8 Å². The molecular weight excluding hydrogens is 132 g/mol. The first-order chi connectivity index (χ1) is 5.40. The Balaban J connectivity index is 2.11. The fraction of sp³-hybridized carbons (Fsp3) is 0.636. The van der Waals surface area contributed by atoms with Gasteiger partial charge in [0.25, 0.3) is 0 Å². The van der Waals surface area contributed by atoms with Gasteiger partial charge in [-0.15, -0.1) is 0 Å². The summed E-state index contributed by atoms with van der Waals surface area (Å²) < 4.78 is 0. The summed E-state index contributed by atoms with van der Waals surface area (Å²) in [7, 11) is 0. The van der Waals surface area contributed by atoms with Gasteiger partial charge in [-0.25, -0.2) is 0 Å². The van der Waals surface area contributed by atoms with E-state index in [1.807, 2.05) is 0 Å². The normalized spacial score (nSPS) is 42.1. The van der Waals surface area contributed by atoms with Crippen LogP contribution in [0, 0.1) is 17.8 Å². The van der Waals surface area contributed by atoms with Gasteiger partial charge in [0, 0.05) is 0 Å². The Hall–Kier alpha value is -0.520. The first-order valence-corrected chi connectivity index (χ1v) is 4.71. The smallest absolute Gasteiger partial charge is 0.0165 e. The molecule has 0 radical (unpaired) electrons. The summed E-state index contributed by atoms with van der Waals surface area (Å²) in [5, 5.41) is 0. The van der Waals surface area contributed by atoms with Gasteiger partial charge in [0.05, 0.1) is 0 Å². The van der Waals surface area contributed by atoms with Crippen molar-refractivity contribution < 1.29 is 0 Å². The SMILES string of the molecule is CC=CC1CC2C=CC1CC2. The third-order valence-corrected chi connectivity index (χ3v) is 3.07. The lowest BCUT2D eigenvalue weighted by Gasteiger charge is -2.36. The van der Waals surface area contributed by atoms with E-state index >= 15 is 0 Å². The number of hydrogen-bond donors (Lipinski definition) is 0. The highest BCUT2D eigenvalue weighted by Crippen LogP contribution is 2.40. The van der Waals surface area contributed by atoms with Gasteiger partial charge in [0.1, 0.15) is 0 Å². The highest BCUT2D eigenvalue weighted by atomic mass is 14.3. The van der Waals surface area contributed by atoms with E-state index in [2.05, 4.69) is 31.2 Å². The van der Waals surface area contributed by atoms with Gasteiger partial charge in [-0.3, -0.25) is 0 Å². The van der Waals surface area contributed by atoms with Gasteiger partial charge < -0.3 is 0 Å². The Morgan fingerprint density at radius 2 is 2.18 bits per heavy atom. The van der Waals surface area contributed by atoms with Crippen molar-refractivity contribution in [1.82, 2.24) is 0 Å². The topological polar surface area (TPSA) is 0 Å². The summed E-state index contributed by atoms with van der Waals surface area (Å²) in [6.45, 7) is 2.13. The molecule has 3 atom stereocenters.